The molecule has 2 aromatic rings. The molecule has 0 aromatic heterocycles. The van der Waals surface area contributed by atoms with E-state index in [4.69, 9.17) is 0 Å². The number of halogens is 1. The molecule has 0 saturated carbocycles. The van der Waals surface area contributed by atoms with Gasteiger partial charge in [0, 0.05) is 18.8 Å². The molecule has 1 aliphatic rings. The Labute approximate surface area is 159 Å². The van der Waals surface area contributed by atoms with E-state index >= 15 is 0 Å². The topological polar surface area (TPSA) is 66.5 Å². The van der Waals surface area contributed by atoms with Crippen molar-refractivity contribution >= 4 is 21.6 Å². The van der Waals surface area contributed by atoms with Crippen molar-refractivity contribution in [3.63, 3.8) is 0 Å². The van der Waals surface area contributed by atoms with Crippen LogP contribution in [0.1, 0.15) is 25.3 Å². The first-order chi connectivity index (χ1) is 12.8. The largest absolute Gasteiger partial charge is 0.326 e. The van der Waals surface area contributed by atoms with Crippen LogP contribution in [0.15, 0.2) is 53.4 Å². The van der Waals surface area contributed by atoms with Crippen LogP contribution in [0.2, 0.25) is 0 Å². The SMILES string of the molecule is CC1CCN(S(=O)(=O)c2ccc(NC(=O)Cc3ccc(F)cc3)cc2)CC1. The van der Waals surface area contributed by atoms with E-state index in [1.165, 1.54) is 28.6 Å². The second-order valence-corrected chi connectivity index (χ2v) is 8.90. The van der Waals surface area contributed by atoms with Gasteiger partial charge in [0.1, 0.15) is 5.82 Å². The predicted molar refractivity (Wildman–Crippen MR) is 102 cm³/mol. The molecule has 0 aliphatic carbocycles. The lowest BCUT2D eigenvalue weighted by molar-refractivity contribution is -0.115. The monoisotopic (exact) mass is 390 g/mol. The van der Waals surface area contributed by atoms with E-state index in [0.29, 0.717) is 30.3 Å². The molecule has 5 nitrogen and oxygen atoms in total. The Morgan fingerprint density at radius 3 is 2.26 bits per heavy atom. The summed E-state index contributed by atoms with van der Waals surface area (Å²) in [5.74, 6) is -0.0449. The molecule has 1 N–H and O–H groups in total. The number of anilines is 1. The van der Waals surface area contributed by atoms with Gasteiger partial charge in [-0.2, -0.15) is 4.31 Å². The third-order valence-corrected chi connectivity index (χ3v) is 6.71. The number of nitrogens with zero attached hydrogens (tertiary/aromatic N) is 1. The summed E-state index contributed by atoms with van der Waals surface area (Å²) in [5, 5.41) is 2.73. The van der Waals surface area contributed by atoms with E-state index in [-0.39, 0.29) is 23.0 Å². The number of sulfonamides is 1. The van der Waals surface area contributed by atoms with E-state index in [2.05, 4.69) is 12.2 Å². The molecule has 0 spiro atoms. The maximum Gasteiger partial charge on any atom is 0.243 e. The van der Waals surface area contributed by atoms with Crippen molar-refractivity contribution in [2.45, 2.75) is 31.1 Å². The molecular weight excluding hydrogens is 367 g/mol. The Morgan fingerprint density at radius 2 is 1.67 bits per heavy atom. The maximum absolute atomic E-state index is 12.9. The Balaban J connectivity index is 1.62. The van der Waals surface area contributed by atoms with Crippen molar-refractivity contribution in [2.24, 2.45) is 5.92 Å². The van der Waals surface area contributed by atoms with Crippen LogP contribution in [-0.4, -0.2) is 31.7 Å². The lowest BCUT2D eigenvalue weighted by Gasteiger charge is -2.29. The number of amides is 1. The minimum Gasteiger partial charge on any atom is -0.326 e. The number of hydrogen-bond donors (Lipinski definition) is 1. The van der Waals surface area contributed by atoms with Gasteiger partial charge in [-0.1, -0.05) is 19.1 Å². The van der Waals surface area contributed by atoms with Gasteiger partial charge in [0.15, 0.2) is 0 Å². The first-order valence-electron chi connectivity index (χ1n) is 8.99. The minimum absolute atomic E-state index is 0.117. The maximum atomic E-state index is 12.9. The second-order valence-electron chi connectivity index (χ2n) is 6.96. The number of carbonyl (C=O) groups is 1. The summed E-state index contributed by atoms with van der Waals surface area (Å²) < 4.78 is 39.8. The number of rotatable bonds is 5. The molecule has 1 heterocycles. The van der Waals surface area contributed by atoms with Gasteiger partial charge in [-0.3, -0.25) is 4.79 Å². The highest BCUT2D eigenvalue weighted by molar-refractivity contribution is 7.89. The molecule has 1 fully saturated rings. The average Bonchev–Trinajstić information content (AvgIpc) is 2.64. The summed E-state index contributed by atoms with van der Waals surface area (Å²) in [6.07, 6.45) is 1.86. The Hall–Kier alpha value is -2.25. The zero-order chi connectivity index (χ0) is 19.4. The van der Waals surface area contributed by atoms with Crippen LogP contribution in [0.5, 0.6) is 0 Å². The lowest BCUT2D eigenvalue weighted by atomic mass is 10.0. The van der Waals surface area contributed by atoms with Crippen LogP contribution in [0, 0.1) is 11.7 Å². The number of carbonyl (C=O) groups excluding carboxylic acids is 1. The minimum atomic E-state index is -3.50. The normalized spacial score (nSPS) is 16.2. The van der Waals surface area contributed by atoms with Gasteiger partial charge < -0.3 is 5.32 Å². The van der Waals surface area contributed by atoms with Crippen LogP contribution in [0.25, 0.3) is 0 Å². The zero-order valence-corrected chi connectivity index (χ0v) is 16.0. The van der Waals surface area contributed by atoms with Crippen molar-refractivity contribution in [3.8, 4) is 0 Å². The lowest BCUT2D eigenvalue weighted by Crippen LogP contribution is -2.37. The van der Waals surface area contributed by atoms with Crippen LogP contribution in [-0.2, 0) is 21.2 Å². The predicted octanol–water partition coefficient (Wildman–Crippen LogP) is 3.43. The summed E-state index contributed by atoms with van der Waals surface area (Å²) in [4.78, 5) is 12.3. The molecule has 0 atom stereocenters. The van der Waals surface area contributed by atoms with E-state index < -0.39 is 10.0 Å². The molecule has 27 heavy (non-hydrogen) atoms. The highest BCUT2D eigenvalue weighted by Gasteiger charge is 2.27. The van der Waals surface area contributed by atoms with Gasteiger partial charge in [0.25, 0.3) is 0 Å². The Bertz CT molecular complexity index is 888. The molecule has 2 aromatic carbocycles. The molecule has 1 amide bonds. The number of benzene rings is 2. The molecular formula is C20H23FN2O3S. The number of hydrogen-bond acceptors (Lipinski definition) is 3. The van der Waals surface area contributed by atoms with Gasteiger partial charge in [-0.05, 0) is 60.7 Å². The highest BCUT2D eigenvalue weighted by Crippen LogP contribution is 2.24. The smallest absolute Gasteiger partial charge is 0.243 e. The fourth-order valence-electron chi connectivity index (χ4n) is 3.08. The zero-order valence-electron chi connectivity index (χ0n) is 15.2. The third-order valence-electron chi connectivity index (χ3n) is 4.80. The van der Waals surface area contributed by atoms with Crippen molar-refractivity contribution in [1.82, 2.24) is 4.31 Å². The second kappa shape index (κ2) is 8.19. The molecule has 0 radical (unpaired) electrons. The summed E-state index contributed by atoms with van der Waals surface area (Å²) in [7, 11) is -3.50. The van der Waals surface area contributed by atoms with Crippen molar-refractivity contribution < 1.29 is 17.6 Å². The molecule has 0 bridgehead atoms. The van der Waals surface area contributed by atoms with Crippen molar-refractivity contribution in [1.29, 1.82) is 0 Å². The molecule has 3 rings (SSSR count). The highest BCUT2D eigenvalue weighted by atomic mass is 32.2. The summed E-state index contributed by atoms with van der Waals surface area (Å²) in [6.45, 7) is 3.21. The third kappa shape index (κ3) is 4.93. The van der Waals surface area contributed by atoms with E-state index in [1.54, 1.807) is 24.3 Å². The molecule has 7 heteroatoms. The van der Waals surface area contributed by atoms with E-state index in [1.807, 2.05) is 0 Å². The molecule has 144 valence electrons. The Kier molecular flexibility index (Phi) is 5.92. The fraction of sp³-hybridized carbons (Fsp3) is 0.350. The Morgan fingerprint density at radius 1 is 1.07 bits per heavy atom. The van der Waals surface area contributed by atoms with Gasteiger partial charge in [-0.25, -0.2) is 12.8 Å². The van der Waals surface area contributed by atoms with E-state index in [9.17, 15) is 17.6 Å². The standard InChI is InChI=1S/C20H23FN2O3S/c1-15-10-12-23(13-11-15)27(25,26)19-8-6-18(7-9-19)22-20(24)14-16-2-4-17(21)5-3-16/h2-9,15H,10-14H2,1H3,(H,22,24). The van der Waals surface area contributed by atoms with Gasteiger partial charge in [0.2, 0.25) is 15.9 Å². The number of nitrogens with one attached hydrogen (secondary N) is 1. The summed E-state index contributed by atoms with van der Waals surface area (Å²) >= 11 is 0. The van der Waals surface area contributed by atoms with Crippen LogP contribution in [0.3, 0.4) is 0 Å². The molecule has 1 saturated heterocycles. The quantitative estimate of drug-likeness (QED) is 0.851. The summed E-state index contributed by atoms with van der Waals surface area (Å²) in [6, 6.07) is 11.9. The first kappa shape index (κ1) is 19.5. The van der Waals surface area contributed by atoms with E-state index in [0.717, 1.165) is 12.8 Å². The molecule has 0 unspecified atom stereocenters. The molecule has 1 aliphatic heterocycles. The van der Waals surface area contributed by atoms with Crippen LogP contribution in [0.4, 0.5) is 10.1 Å². The van der Waals surface area contributed by atoms with Crippen LogP contribution < -0.4 is 5.32 Å². The summed E-state index contributed by atoms with van der Waals surface area (Å²) in [5.41, 5.74) is 1.22. The first-order valence-corrected chi connectivity index (χ1v) is 10.4. The average molecular weight is 390 g/mol. The van der Waals surface area contributed by atoms with Gasteiger partial charge in [0.05, 0.1) is 11.3 Å². The van der Waals surface area contributed by atoms with Crippen LogP contribution >= 0.6 is 0 Å². The van der Waals surface area contributed by atoms with Crippen molar-refractivity contribution in [2.75, 3.05) is 18.4 Å². The fourth-order valence-corrected chi connectivity index (χ4v) is 4.55. The van der Waals surface area contributed by atoms with Gasteiger partial charge in [-0.15, -0.1) is 0 Å². The van der Waals surface area contributed by atoms with Gasteiger partial charge >= 0.3 is 0 Å². The number of piperidine rings is 1. The van der Waals surface area contributed by atoms with Crippen molar-refractivity contribution in [3.05, 3.63) is 59.9 Å².